The van der Waals surface area contributed by atoms with Crippen molar-refractivity contribution in [2.75, 3.05) is 32.4 Å². The third-order valence-electron chi connectivity index (χ3n) is 3.26. The van der Waals surface area contributed by atoms with Crippen LogP contribution in [-0.2, 0) is 14.8 Å². The summed E-state index contributed by atoms with van der Waals surface area (Å²) in [6, 6.07) is -0.0232. The van der Waals surface area contributed by atoms with E-state index in [1.807, 2.05) is 18.9 Å². The van der Waals surface area contributed by atoms with Gasteiger partial charge in [-0.1, -0.05) is 6.92 Å². The molecule has 19 heavy (non-hydrogen) atoms. The SMILES string of the molecule is CCCS(=O)(=O)NC1CCN(C(=O)CCNC)CC1. The van der Waals surface area contributed by atoms with Gasteiger partial charge in [-0.25, -0.2) is 13.1 Å². The number of likely N-dealkylation sites (tertiary alicyclic amines) is 1. The van der Waals surface area contributed by atoms with E-state index in [-0.39, 0.29) is 17.7 Å². The van der Waals surface area contributed by atoms with Crippen LogP contribution in [0.15, 0.2) is 0 Å². The molecule has 1 aliphatic rings. The van der Waals surface area contributed by atoms with Crippen LogP contribution < -0.4 is 10.0 Å². The molecule has 1 aliphatic heterocycles. The minimum Gasteiger partial charge on any atom is -0.343 e. The van der Waals surface area contributed by atoms with E-state index in [1.165, 1.54) is 0 Å². The van der Waals surface area contributed by atoms with Gasteiger partial charge in [-0.05, 0) is 26.3 Å². The number of carbonyl (C=O) groups excluding carboxylic acids is 1. The van der Waals surface area contributed by atoms with Gasteiger partial charge in [0.25, 0.3) is 0 Å². The van der Waals surface area contributed by atoms with Gasteiger partial charge in [0, 0.05) is 32.1 Å². The minimum absolute atomic E-state index is 0.0232. The summed E-state index contributed by atoms with van der Waals surface area (Å²) in [7, 11) is -1.33. The molecule has 1 heterocycles. The molecule has 0 aliphatic carbocycles. The number of piperidine rings is 1. The van der Waals surface area contributed by atoms with Crippen LogP contribution in [0.5, 0.6) is 0 Å². The van der Waals surface area contributed by atoms with Gasteiger partial charge >= 0.3 is 0 Å². The van der Waals surface area contributed by atoms with Gasteiger partial charge in [0.15, 0.2) is 0 Å². The van der Waals surface area contributed by atoms with Gasteiger partial charge in [-0.3, -0.25) is 4.79 Å². The molecular weight excluding hydrogens is 266 g/mol. The fraction of sp³-hybridized carbons (Fsp3) is 0.917. The largest absolute Gasteiger partial charge is 0.343 e. The van der Waals surface area contributed by atoms with Gasteiger partial charge in [-0.2, -0.15) is 0 Å². The Morgan fingerprint density at radius 2 is 1.95 bits per heavy atom. The number of rotatable bonds is 7. The summed E-state index contributed by atoms with van der Waals surface area (Å²) < 4.78 is 26.0. The second kappa shape index (κ2) is 7.81. The number of hydrogen-bond acceptors (Lipinski definition) is 4. The van der Waals surface area contributed by atoms with Gasteiger partial charge in [0.1, 0.15) is 0 Å². The first-order valence-electron chi connectivity index (χ1n) is 6.91. The molecule has 1 fully saturated rings. The van der Waals surface area contributed by atoms with Crippen molar-refractivity contribution in [3.05, 3.63) is 0 Å². The Hall–Kier alpha value is -0.660. The van der Waals surface area contributed by atoms with Crippen molar-refractivity contribution in [3.63, 3.8) is 0 Å². The molecule has 1 amide bonds. The molecule has 0 radical (unpaired) electrons. The second-order valence-electron chi connectivity index (χ2n) is 4.95. The summed E-state index contributed by atoms with van der Waals surface area (Å²) in [4.78, 5) is 13.6. The topological polar surface area (TPSA) is 78.5 Å². The molecule has 0 unspecified atom stereocenters. The van der Waals surface area contributed by atoms with E-state index in [0.717, 1.165) is 0 Å². The maximum atomic E-state index is 11.8. The Balaban J connectivity index is 2.35. The molecule has 0 spiro atoms. The van der Waals surface area contributed by atoms with Gasteiger partial charge < -0.3 is 10.2 Å². The van der Waals surface area contributed by atoms with Gasteiger partial charge in [0.2, 0.25) is 15.9 Å². The summed E-state index contributed by atoms with van der Waals surface area (Å²) >= 11 is 0. The lowest BCUT2D eigenvalue weighted by Gasteiger charge is -2.32. The summed E-state index contributed by atoms with van der Waals surface area (Å²) in [5.74, 6) is 0.318. The maximum absolute atomic E-state index is 11.8. The van der Waals surface area contributed by atoms with Crippen molar-refractivity contribution in [1.82, 2.24) is 14.9 Å². The van der Waals surface area contributed by atoms with E-state index in [4.69, 9.17) is 0 Å². The van der Waals surface area contributed by atoms with Crippen LogP contribution in [0.3, 0.4) is 0 Å². The first-order valence-corrected chi connectivity index (χ1v) is 8.56. The number of nitrogens with one attached hydrogen (secondary N) is 2. The number of carbonyl (C=O) groups is 1. The third-order valence-corrected chi connectivity index (χ3v) is 4.89. The molecule has 2 N–H and O–H groups in total. The van der Waals surface area contributed by atoms with Crippen LogP contribution in [0.4, 0.5) is 0 Å². The average molecular weight is 291 g/mol. The van der Waals surface area contributed by atoms with E-state index < -0.39 is 10.0 Å². The van der Waals surface area contributed by atoms with Crippen molar-refractivity contribution in [2.24, 2.45) is 0 Å². The molecule has 0 aromatic rings. The van der Waals surface area contributed by atoms with E-state index in [1.54, 1.807) is 0 Å². The Morgan fingerprint density at radius 3 is 2.47 bits per heavy atom. The highest BCUT2D eigenvalue weighted by atomic mass is 32.2. The zero-order valence-electron chi connectivity index (χ0n) is 11.8. The molecule has 0 bridgehead atoms. The van der Waals surface area contributed by atoms with E-state index in [2.05, 4.69) is 10.0 Å². The van der Waals surface area contributed by atoms with Crippen LogP contribution in [0.25, 0.3) is 0 Å². The van der Waals surface area contributed by atoms with Crippen LogP contribution in [0.2, 0.25) is 0 Å². The minimum atomic E-state index is -3.15. The highest BCUT2D eigenvalue weighted by Gasteiger charge is 2.25. The lowest BCUT2D eigenvalue weighted by atomic mass is 10.1. The highest BCUT2D eigenvalue weighted by Crippen LogP contribution is 2.12. The molecule has 0 aromatic carbocycles. The quantitative estimate of drug-likeness (QED) is 0.687. The van der Waals surface area contributed by atoms with Crippen molar-refractivity contribution in [3.8, 4) is 0 Å². The first kappa shape index (κ1) is 16.4. The fourth-order valence-corrected chi connectivity index (χ4v) is 3.62. The number of sulfonamides is 1. The summed E-state index contributed by atoms with van der Waals surface area (Å²) in [6.45, 7) is 3.81. The predicted octanol–water partition coefficient (Wildman–Crippen LogP) is -0.0837. The maximum Gasteiger partial charge on any atom is 0.223 e. The Morgan fingerprint density at radius 1 is 1.32 bits per heavy atom. The number of amides is 1. The monoisotopic (exact) mass is 291 g/mol. The molecule has 1 rings (SSSR count). The van der Waals surface area contributed by atoms with Crippen molar-refractivity contribution >= 4 is 15.9 Å². The summed E-state index contributed by atoms with van der Waals surface area (Å²) in [6.07, 6.45) is 2.53. The Labute approximate surface area is 116 Å². The zero-order chi connectivity index (χ0) is 14.3. The van der Waals surface area contributed by atoms with Gasteiger partial charge in [-0.15, -0.1) is 0 Å². The molecule has 112 valence electrons. The normalized spacial score (nSPS) is 17.7. The van der Waals surface area contributed by atoms with E-state index >= 15 is 0 Å². The number of nitrogens with zero attached hydrogens (tertiary/aromatic N) is 1. The lowest BCUT2D eigenvalue weighted by molar-refractivity contribution is -0.132. The van der Waals surface area contributed by atoms with Crippen molar-refractivity contribution in [1.29, 1.82) is 0 Å². The molecule has 0 atom stereocenters. The summed E-state index contributed by atoms with van der Waals surface area (Å²) in [5, 5.41) is 2.95. The van der Waals surface area contributed by atoms with Crippen LogP contribution in [-0.4, -0.2) is 57.7 Å². The molecule has 0 saturated carbocycles. The van der Waals surface area contributed by atoms with Gasteiger partial charge in [0.05, 0.1) is 5.75 Å². The van der Waals surface area contributed by atoms with Crippen molar-refractivity contribution in [2.45, 2.75) is 38.6 Å². The average Bonchev–Trinajstić information content (AvgIpc) is 2.36. The van der Waals surface area contributed by atoms with Crippen molar-refractivity contribution < 1.29 is 13.2 Å². The summed E-state index contributed by atoms with van der Waals surface area (Å²) in [5.41, 5.74) is 0. The zero-order valence-corrected chi connectivity index (χ0v) is 12.6. The third kappa shape index (κ3) is 5.88. The standard InChI is InChI=1S/C12H25N3O3S/c1-3-10-19(17,18)14-11-5-8-15(9-6-11)12(16)4-7-13-2/h11,13-14H,3-10H2,1-2H3. The van der Waals surface area contributed by atoms with Crippen LogP contribution in [0.1, 0.15) is 32.6 Å². The molecule has 7 heteroatoms. The first-order chi connectivity index (χ1) is 8.98. The predicted molar refractivity (Wildman–Crippen MR) is 75.4 cm³/mol. The van der Waals surface area contributed by atoms with Crippen LogP contribution >= 0.6 is 0 Å². The van der Waals surface area contributed by atoms with E-state index in [0.29, 0.717) is 45.3 Å². The highest BCUT2D eigenvalue weighted by molar-refractivity contribution is 7.89. The second-order valence-corrected chi connectivity index (χ2v) is 6.82. The molecule has 0 aromatic heterocycles. The molecule has 6 nitrogen and oxygen atoms in total. The molecular formula is C12H25N3O3S. The number of hydrogen-bond donors (Lipinski definition) is 2. The fourth-order valence-electron chi connectivity index (χ4n) is 2.22. The lowest BCUT2D eigenvalue weighted by Crippen LogP contribution is -2.47. The smallest absolute Gasteiger partial charge is 0.223 e. The van der Waals surface area contributed by atoms with E-state index in [9.17, 15) is 13.2 Å². The Bertz CT molecular complexity index is 376. The molecule has 1 saturated heterocycles. The Kier molecular flexibility index (Phi) is 6.74. The van der Waals surface area contributed by atoms with Crippen LogP contribution in [0, 0.1) is 0 Å².